The summed E-state index contributed by atoms with van der Waals surface area (Å²) in [5.41, 5.74) is 1.00. The van der Waals surface area contributed by atoms with Crippen molar-refractivity contribution < 1.29 is 14.3 Å². The number of halogens is 1. The first-order chi connectivity index (χ1) is 15.7. The molecule has 0 aromatic carbocycles. The molecule has 0 fully saturated rings. The molecule has 2 aromatic rings. The first-order valence-electron chi connectivity index (χ1n) is 10.9. The second-order valence-corrected chi connectivity index (χ2v) is 10.6. The number of methoxy groups -OCH3 is 1. The van der Waals surface area contributed by atoms with Gasteiger partial charge in [-0.3, -0.25) is 4.79 Å². The van der Waals surface area contributed by atoms with E-state index < -0.39 is 17.3 Å². The van der Waals surface area contributed by atoms with Crippen LogP contribution in [0.5, 0.6) is 0 Å². The molecule has 0 aliphatic rings. The minimum absolute atomic E-state index is 0.0111. The van der Waals surface area contributed by atoms with Crippen LogP contribution in [0.2, 0.25) is 0 Å². The van der Waals surface area contributed by atoms with E-state index in [2.05, 4.69) is 15.8 Å². The molecule has 2 amide bonds. The predicted octanol–water partition coefficient (Wildman–Crippen LogP) is 3.21. The topological polar surface area (TPSA) is 124 Å². The van der Waals surface area contributed by atoms with Crippen molar-refractivity contribution in [3.8, 4) is 0 Å². The molecular formula is C22H37ClN6O4S. The molecule has 34 heavy (non-hydrogen) atoms. The molecule has 0 radical (unpaired) electrons. The number of nitrogens with one attached hydrogen (secondary N) is 1. The summed E-state index contributed by atoms with van der Waals surface area (Å²) < 4.78 is 6.77. The summed E-state index contributed by atoms with van der Waals surface area (Å²) in [6.45, 7) is 15.6. The monoisotopic (exact) mass is 516 g/mol. The number of nitrogens with two attached hydrogens (primary N) is 1. The zero-order valence-electron chi connectivity index (χ0n) is 21.4. The Balaban J connectivity index is 0.000000340. The maximum absolute atomic E-state index is 12.0. The lowest BCUT2D eigenvalue weighted by atomic mass is 10.1. The fourth-order valence-electron chi connectivity index (χ4n) is 3.19. The van der Waals surface area contributed by atoms with E-state index in [9.17, 15) is 14.4 Å². The number of aromatic nitrogens is 3. The standard InChI is InChI=1S/C12H18ClNO2S.C10H19N5O2/c1-8-7-17-10(3)12(8)14(11(15)5-13)9(2)6-16-4;1-6(2)7-13-15(9(17)14(7)11)8(16)12-10(3,4)5/h7,9H,5-6H2,1-4H3;6H,11H2,1-5H3,(H,12,16)/t9-;/m0./s1. The van der Waals surface area contributed by atoms with Gasteiger partial charge in [0.15, 0.2) is 5.82 Å². The lowest BCUT2D eigenvalue weighted by Crippen LogP contribution is -2.47. The minimum atomic E-state index is -0.643. The molecular weight excluding hydrogens is 480 g/mol. The number of nitrogens with zero attached hydrogens (tertiary/aromatic N) is 4. The van der Waals surface area contributed by atoms with Crippen LogP contribution in [-0.2, 0) is 9.53 Å². The Morgan fingerprint density at radius 1 is 1.29 bits per heavy atom. The van der Waals surface area contributed by atoms with E-state index in [1.807, 2.05) is 55.4 Å². The average Bonchev–Trinajstić information content (AvgIpc) is 3.21. The van der Waals surface area contributed by atoms with Crippen LogP contribution in [0.15, 0.2) is 10.2 Å². The number of carbonyl (C=O) groups excluding carboxylic acids is 2. The van der Waals surface area contributed by atoms with Gasteiger partial charge in [-0.1, -0.05) is 13.8 Å². The van der Waals surface area contributed by atoms with E-state index >= 15 is 0 Å². The molecule has 0 unspecified atom stereocenters. The third-order valence-electron chi connectivity index (χ3n) is 4.62. The summed E-state index contributed by atoms with van der Waals surface area (Å²) in [6.07, 6.45) is 0. The molecule has 0 spiro atoms. The van der Waals surface area contributed by atoms with Gasteiger partial charge in [-0.15, -0.1) is 32.7 Å². The van der Waals surface area contributed by atoms with Crippen molar-refractivity contribution in [2.45, 2.75) is 72.9 Å². The summed E-state index contributed by atoms with van der Waals surface area (Å²) in [7, 11) is 1.63. The summed E-state index contributed by atoms with van der Waals surface area (Å²) in [4.78, 5) is 38.3. The van der Waals surface area contributed by atoms with Gasteiger partial charge in [-0.2, -0.15) is 4.68 Å². The number of ether oxygens (including phenoxy) is 1. The fourth-order valence-corrected chi connectivity index (χ4v) is 4.15. The zero-order valence-corrected chi connectivity index (χ0v) is 23.0. The Morgan fingerprint density at radius 3 is 2.26 bits per heavy atom. The van der Waals surface area contributed by atoms with Crippen LogP contribution in [0.4, 0.5) is 10.5 Å². The van der Waals surface area contributed by atoms with E-state index in [-0.39, 0.29) is 23.7 Å². The number of anilines is 1. The largest absolute Gasteiger partial charge is 0.383 e. The third kappa shape index (κ3) is 7.57. The van der Waals surface area contributed by atoms with Crippen molar-refractivity contribution in [2.75, 3.05) is 30.3 Å². The SMILES string of the molecule is CC(C)c1nn(C(=O)NC(C)(C)C)c(=O)n1N.COC[C@H](C)N(C(=O)CCl)c1c(C)csc1C. The number of aryl methyl sites for hydroxylation is 2. The van der Waals surface area contributed by atoms with E-state index in [4.69, 9.17) is 22.2 Å². The number of amides is 2. The van der Waals surface area contributed by atoms with E-state index in [1.54, 1.807) is 23.3 Å². The minimum Gasteiger partial charge on any atom is -0.383 e. The summed E-state index contributed by atoms with van der Waals surface area (Å²) in [5.74, 6) is 5.80. The summed E-state index contributed by atoms with van der Waals surface area (Å²) in [5, 5.41) is 8.63. The average molecular weight is 517 g/mol. The Morgan fingerprint density at radius 2 is 1.88 bits per heavy atom. The van der Waals surface area contributed by atoms with Crippen LogP contribution >= 0.6 is 22.9 Å². The Labute approximate surface area is 210 Å². The maximum atomic E-state index is 12.0. The van der Waals surface area contributed by atoms with Crippen molar-refractivity contribution in [1.29, 1.82) is 0 Å². The van der Waals surface area contributed by atoms with Gasteiger partial charge in [-0.05, 0) is 52.5 Å². The molecule has 3 N–H and O–H groups in total. The highest BCUT2D eigenvalue weighted by molar-refractivity contribution is 7.10. The Hall–Kier alpha value is -2.37. The third-order valence-corrected chi connectivity index (χ3v) is 5.87. The highest BCUT2D eigenvalue weighted by Crippen LogP contribution is 2.32. The van der Waals surface area contributed by atoms with Crippen molar-refractivity contribution in [3.63, 3.8) is 0 Å². The van der Waals surface area contributed by atoms with Gasteiger partial charge in [-0.25, -0.2) is 9.59 Å². The molecule has 1 atom stereocenters. The molecule has 0 saturated heterocycles. The molecule has 192 valence electrons. The van der Waals surface area contributed by atoms with Crippen LogP contribution in [0, 0.1) is 13.8 Å². The highest BCUT2D eigenvalue weighted by Gasteiger charge is 2.25. The number of hydrogen-bond acceptors (Lipinski definition) is 7. The fraction of sp³-hybridized carbons (Fsp3) is 0.636. The van der Waals surface area contributed by atoms with Gasteiger partial charge < -0.3 is 20.8 Å². The van der Waals surface area contributed by atoms with E-state index in [0.29, 0.717) is 12.4 Å². The zero-order chi connectivity index (χ0) is 26.4. The van der Waals surface area contributed by atoms with Crippen LogP contribution in [0.3, 0.4) is 0 Å². The van der Waals surface area contributed by atoms with Crippen LogP contribution in [0.1, 0.15) is 63.7 Å². The Bertz CT molecular complexity index is 1020. The molecule has 0 saturated carbocycles. The normalized spacial score (nSPS) is 12.2. The van der Waals surface area contributed by atoms with Gasteiger partial charge >= 0.3 is 11.7 Å². The quantitative estimate of drug-likeness (QED) is 0.448. The van der Waals surface area contributed by atoms with Crippen LogP contribution in [0.25, 0.3) is 0 Å². The highest BCUT2D eigenvalue weighted by atomic mass is 35.5. The molecule has 10 nitrogen and oxygen atoms in total. The number of thiophene rings is 1. The van der Waals surface area contributed by atoms with Crippen molar-refractivity contribution >= 4 is 40.6 Å². The van der Waals surface area contributed by atoms with Crippen molar-refractivity contribution in [2.24, 2.45) is 0 Å². The summed E-state index contributed by atoms with van der Waals surface area (Å²) >= 11 is 7.33. The molecule has 12 heteroatoms. The number of carbonyl (C=O) groups is 2. The van der Waals surface area contributed by atoms with Crippen molar-refractivity contribution in [1.82, 2.24) is 19.8 Å². The molecule has 0 aliphatic carbocycles. The lowest BCUT2D eigenvalue weighted by Gasteiger charge is -2.29. The van der Waals surface area contributed by atoms with Gasteiger partial charge in [0.1, 0.15) is 5.88 Å². The molecule has 0 aliphatic heterocycles. The van der Waals surface area contributed by atoms with Crippen LogP contribution < -0.4 is 21.7 Å². The second-order valence-electron chi connectivity index (χ2n) is 9.28. The predicted molar refractivity (Wildman–Crippen MR) is 138 cm³/mol. The van der Waals surface area contributed by atoms with Gasteiger partial charge in [0, 0.05) is 23.4 Å². The number of nitrogen functional groups attached to an aromatic ring is 1. The number of alkyl halides is 1. The van der Waals surface area contributed by atoms with Crippen LogP contribution in [-0.4, -0.2) is 57.6 Å². The lowest BCUT2D eigenvalue weighted by molar-refractivity contribution is -0.116. The van der Waals surface area contributed by atoms with E-state index in [0.717, 1.165) is 25.5 Å². The molecule has 2 aromatic heterocycles. The van der Waals surface area contributed by atoms with Gasteiger partial charge in [0.2, 0.25) is 5.91 Å². The first-order valence-corrected chi connectivity index (χ1v) is 12.3. The molecule has 2 rings (SSSR count). The molecule has 2 heterocycles. The smallest absolute Gasteiger partial charge is 0.373 e. The van der Waals surface area contributed by atoms with Gasteiger partial charge in [0.05, 0.1) is 18.3 Å². The first kappa shape index (κ1) is 29.7. The summed E-state index contributed by atoms with van der Waals surface area (Å²) in [6, 6.07) is -0.591. The Kier molecular flexibility index (Phi) is 10.8. The number of hydrogen-bond donors (Lipinski definition) is 2. The van der Waals surface area contributed by atoms with Crippen molar-refractivity contribution in [3.05, 3.63) is 32.1 Å². The molecule has 0 bridgehead atoms. The second kappa shape index (κ2) is 12.4. The number of rotatable bonds is 6. The maximum Gasteiger partial charge on any atom is 0.373 e. The van der Waals surface area contributed by atoms with E-state index in [1.165, 1.54) is 0 Å². The van der Waals surface area contributed by atoms with Gasteiger partial charge in [0.25, 0.3) is 0 Å².